The Bertz CT molecular complexity index is 3320. The Labute approximate surface area is 445 Å². The highest BCUT2D eigenvalue weighted by Crippen LogP contribution is 2.43. The summed E-state index contributed by atoms with van der Waals surface area (Å²) in [6, 6.07) is 16.1. The number of benzene rings is 5. The van der Waals surface area contributed by atoms with Gasteiger partial charge < -0.3 is 61.6 Å². The number of amides is 5. The Morgan fingerprint density at radius 1 is 0.487 bits per heavy atom. The van der Waals surface area contributed by atoms with Gasteiger partial charge in [-0.05, 0) is 140 Å². The number of carboxylic acids is 5. The third-order valence-electron chi connectivity index (χ3n) is 13.1. The van der Waals surface area contributed by atoms with Crippen molar-refractivity contribution in [1.29, 1.82) is 0 Å². The molecule has 22 nitrogen and oxygen atoms in total. The summed E-state index contributed by atoms with van der Waals surface area (Å²) in [5.74, 6) is -7.46. The normalized spacial score (nSPS) is 12.4. The molecule has 6 rings (SSSR count). The van der Waals surface area contributed by atoms with E-state index in [1.54, 1.807) is 54.6 Å². The number of aliphatic carboxylic acids is 4. The maximum Gasteiger partial charge on any atom is 0.336 e. The highest BCUT2D eigenvalue weighted by molar-refractivity contribution is 6.21. The van der Waals surface area contributed by atoms with Crippen molar-refractivity contribution in [3.8, 4) is 16.9 Å². The molecular formula is C56H61N5O17. The molecule has 0 saturated carbocycles. The van der Waals surface area contributed by atoms with Crippen LogP contribution in [0.1, 0.15) is 106 Å². The van der Waals surface area contributed by atoms with E-state index in [9.17, 15) is 73.5 Å². The van der Waals surface area contributed by atoms with Crippen molar-refractivity contribution in [1.82, 2.24) is 26.6 Å². The fourth-order valence-electron chi connectivity index (χ4n) is 9.14. The van der Waals surface area contributed by atoms with E-state index in [0.29, 0.717) is 112 Å². The first-order valence-corrected chi connectivity index (χ1v) is 25.5. The molecule has 1 heterocycles. The molecule has 0 aliphatic rings. The van der Waals surface area contributed by atoms with E-state index in [1.165, 1.54) is 24.3 Å². The first-order chi connectivity index (χ1) is 37.3. The van der Waals surface area contributed by atoms with Gasteiger partial charge in [-0.25, -0.2) is 24.0 Å². The van der Waals surface area contributed by atoms with Gasteiger partial charge in [0.25, 0.3) is 0 Å². The molecule has 3 atom stereocenters. The summed E-state index contributed by atoms with van der Waals surface area (Å²) >= 11 is 0. The van der Waals surface area contributed by atoms with Crippen molar-refractivity contribution in [2.24, 2.45) is 0 Å². The van der Waals surface area contributed by atoms with E-state index in [-0.39, 0.29) is 73.7 Å². The van der Waals surface area contributed by atoms with Gasteiger partial charge in [0.15, 0.2) is 5.43 Å². The van der Waals surface area contributed by atoms with Crippen molar-refractivity contribution >= 4 is 97.1 Å². The van der Waals surface area contributed by atoms with E-state index >= 15 is 0 Å². The van der Waals surface area contributed by atoms with Crippen LogP contribution in [0.3, 0.4) is 0 Å². The summed E-state index contributed by atoms with van der Waals surface area (Å²) in [5, 5.41) is 74.0. The second-order valence-electron chi connectivity index (χ2n) is 18.9. The van der Waals surface area contributed by atoms with Gasteiger partial charge >= 0.3 is 35.9 Å². The number of rotatable bonds is 30. The number of carbonyl (C=O) groups is 9. The number of urea groups is 1. The van der Waals surface area contributed by atoms with Crippen LogP contribution in [0.5, 0.6) is 5.75 Å². The summed E-state index contributed by atoms with van der Waals surface area (Å²) < 4.78 is 6.60. The Balaban J connectivity index is 0.911. The maximum atomic E-state index is 13.3. The van der Waals surface area contributed by atoms with Crippen LogP contribution in [0.15, 0.2) is 88.1 Å². The van der Waals surface area contributed by atoms with Gasteiger partial charge in [-0.15, -0.1) is 0 Å². The molecule has 0 radical (unpaired) electrons. The largest absolute Gasteiger partial charge is 0.508 e. The molecule has 11 N–H and O–H groups in total. The molecule has 78 heavy (non-hydrogen) atoms. The van der Waals surface area contributed by atoms with Crippen LogP contribution in [0.4, 0.5) is 4.79 Å². The van der Waals surface area contributed by atoms with Gasteiger partial charge in [-0.2, -0.15) is 0 Å². The number of unbranched alkanes of at least 4 members (excludes halogenated alkanes) is 5. The van der Waals surface area contributed by atoms with Crippen LogP contribution in [-0.4, -0.2) is 115 Å². The van der Waals surface area contributed by atoms with E-state index in [4.69, 9.17) is 9.52 Å². The van der Waals surface area contributed by atoms with E-state index < -0.39 is 72.8 Å². The van der Waals surface area contributed by atoms with Gasteiger partial charge in [-0.3, -0.25) is 24.0 Å². The molecule has 6 aromatic rings. The van der Waals surface area contributed by atoms with Gasteiger partial charge in [0.1, 0.15) is 35.0 Å². The van der Waals surface area contributed by atoms with Crippen LogP contribution in [0.25, 0.3) is 54.6 Å². The highest BCUT2D eigenvalue weighted by Gasteiger charge is 2.26. The van der Waals surface area contributed by atoms with Gasteiger partial charge in [0, 0.05) is 59.5 Å². The molecule has 5 aromatic carbocycles. The van der Waals surface area contributed by atoms with Crippen molar-refractivity contribution in [2.75, 3.05) is 13.1 Å². The smallest absolute Gasteiger partial charge is 0.336 e. The average molecular weight is 1080 g/mol. The number of aromatic carboxylic acids is 1. The van der Waals surface area contributed by atoms with Crippen molar-refractivity contribution in [3.05, 3.63) is 100 Å². The number of nitrogens with one attached hydrogen (secondary N) is 5. The van der Waals surface area contributed by atoms with Crippen molar-refractivity contribution < 1.29 is 78.2 Å². The number of hydrogen-bond acceptors (Lipinski definition) is 12. The van der Waals surface area contributed by atoms with Gasteiger partial charge in [0.05, 0.1) is 12.0 Å². The lowest BCUT2D eigenvalue weighted by molar-refractivity contribution is -0.142. The van der Waals surface area contributed by atoms with E-state index in [1.807, 2.05) is 0 Å². The molecule has 1 unspecified atom stereocenters. The number of fused-ring (bicyclic) bond motifs is 6. The average Bonchev–Trinajstić information content (AvgIpc) is 3.53. The monoisotopic (exact) mass is 1080 g/mol. The molecular weight excluding hydrogens is 1010 g/mol. The molecule has 0 fully saturated rings. The zero-order valence-electron chi connectivity index (χ0n) is 42.4. The number of aromatic hydroxyl groups is 1. The quantitative estimate of drug-likeness (QED) is 0.0132. The first-order valence-electron chi connectivity index (χ1n) is 25.5. The number of phenols is 1. The lowest BCUT2D eigenvalue weighted by atomic mass is 9.89. The summed E-state index contributed by atoms with van der Waals surface area (Å²) in [6.45, 7) is 0.448. The van der Waals surface area contributed by atoms with E-state index in [0.717, 1.165) is 0 Å². The standard InChI is InChI=1S/C56H61N5O17/c62-34-16-21-36-32(29-34)14-19-39-49(40-20-15-33-30-35(63)17-22-37(33)51(40)78-50(36)39)41-27-31(13-18-38(41)52(69)70)28-47(66)58-26-8-5-9-42(53(71)72)59-46(65)12-4-2-1-3-11-45(64)57-25-7-6-10-43(54(73)74)60-56(77)61-44(55(75)76)23-24-48(67)68/h13-22,27,29-30,42-44,62H,1-12,23-26,28H2,(H,57,64)(H,58,66)(H,59,65)(H,67,68)(H,69,70)(H,71,72)(H,73,74)(H,75,76)(H2,60,61,77)/t42?,43-,44-/m0/s1. The number of carbonyl (C=O) groups excluding carboxylic acids is 4. The van der Waals surface area contributed by atoms with Crippen LogP contribution < -0.4 is 32.0 Å². The van der Waals surface area contributed by atoms with Crippen molar-refractivity contribution in [2.45, 2.75) is 114 Å². The second kappa shape index (κ2) is 27.6. The van der Waals surface area contributed by atoms with Crippen LogP contribution in [-0.2, 0) is 40.0 Å². The molecule has 0 aliphatic carbocycles. The molecule has 412 valence electrons. The first kappa shape index (κ1) is 58.2. The molecule has 0 saturated heterocycles. The predicted octanol–water partition coefficient (Wildman–Crippen LogP) is 6.42. The van der Waals surface area contributed by atoms with Gasteiger partial charge in [0.2, 0.25) is 17.7 Å². The minimum Gasteiger partial charge on any atom is -0.508 e. The molecule has 0 spiro atoms. The Morgan fingerprint density at radius 2 is 1.01 bits per heavy atom. The summed E-state index contributed by atoms with van der Waals surface area (Å²) in [7, 11) is 0. The lowest BCUT2D eigenvalue weighted by Gasteiger charge is -2.18. The summed E-state index contributed by atoms with van der Waals surface area (Å²) in [4.78, 5) is 121. The molecule has 1 aromatic heterocycles. The third kappa shape index (κ3) is 16.2. The topological polar surface area (TPSA) is 365 Å². The Morgan fingerprint density at radius 3 is 1.59 bits per heavy atom. The molecule has 22 heteroatoms. The fourth-order valence-corrected chi connectivity index (χ4v) is 9.14. The van der Waals surface area contributed by atoms with E-state index in [2.05, 4.69) is 26.6 Å². The number of hydrogen-bond donors (Lipinski definition) is 11. The number of phenolic OH excluding ortho intramolecular Hbond substituents is 1. The lowest BCUT2D eigenvalue weighted by Crippen LogP contribution is -2.51. The summed E-state index contributed by atoms with van der Waals surface area (Å²) in [6.07, 6.45) is 3.04. The predicted molar refractivity (Wildman–Crippen MR) is 285 cm³/mol. The molecule has 0 aliphatic heterocycles. The van der Waals surface area contributed by atoms with Crippen molar-refractivity contribution in [3.63, 3.8) is 0 Å². The Kier molecular flexibility index (Phi) is 20.6. The minimum atomic E-state index is -1.52. The number of carboxylic acid groups (broad SMARTS) is 5. The zero-order valence-corrected chi connectivity index (χ0v) is 42.4. The zero-order chi connectivity index (χ0) is 56.5. The SMILES string of the molecule is O=C(O)CC[C@H](NC(=O)N[C@@H](CCCCNC(=O)CCCCCCC(=O)NC(CCCCNC(=O)Cc1ccc(C(=O)O)c(-c2c3ccc4cc(O)ccc4c3oc3c2ccc2cc(=O)ccc23)c1)C(=O)O)C(=O)O)C(=O)O. The Hall–Kier alpha value is -9.08. The van der Waals surface area contributed by atoms with Crippen LogP contribution in [0.2, 0.25) is 0 Å². The fraction of sp³-hybridized carbons (Fsp3) is 0.357. The molecule has 0 bridgehead atoms. The van der Waals surface area contributed by atoms with Crippen LogP contribution in [0, 0.1) is 0 Å². The highest BCUT2D eigenvalue weighted by atomic mass is 16.4. The summed E-state index contributed by atoms with van der Waals surface area (Å²) in [5.41, 5.74) is 2.00. The minimum absolute atomic E-state index is 0.0160. The molecule has 5 amide bonds. The van der Waals surface area contributed by atoms with Gasteiger partial charge in [-0.1, -0.05) is 31.0 Å². The maximum absolute atomic E-state index is 13.3. The van der Waals surface area contributed by atoms with Crippen LogP contribution >= 0.6 is 0 Å². The third-order valence-corrected chi connectivity index (χ3v) is 13.1. The second-order valence-corrected chi connectivity index (χ2v) is 18.9.